The zero-order valence-corrected chi connectivity index (χ0v) is 12.3. The summed E-state index contributed by atoms with van der Waals surface area (Å²) < 4.78 is 5.41. The Bertz CT molecular complexity index is 524. The first kappa shape index (κ1) is 15.5. The van der Waals surface area contributed by atoms with Gasteiger partial charge < -0.3 is 15.4 Å². The molecule has 1 aliphatic heterocycles. The fourth-order valence-corrected chi connectivity index (χ4v) is 2.41. The van der Waals surface area contributed by atoms with E-state index >= 15 is 0 Å². The van der Waals surface area contributed by atoms with E-state index in [1.54, 1.807) is 12.1 Å². The average molecular weight is 287 g/mol. The number of nitrogens with zero attached hydrogens (tertiary/aromatic N) is 1. The lowest BCUT2D eigenvalue weighted by Gasteiger charge is -2.18. The number of benzene rings is 1. The van der Waals surface area contributed by atoms with Gasteiger partial charge in [0.25, 0.3) is 0 Å². The highest BCUT2D eigenvalue weighted by molar-refractivity contribution is 5.79. The number of nitriles is 1. The maximum absolute atomic E-state index is 12.3. The zero-order chi connectivity index (χ0) is 15.1. The van der Waals surface area contributed by atoms with E-state index in [1.807, 2.05) is 12.1 Å². The highest BCUT2D eigenvalue weighted by atomic mass is 16.5. The zero-order valence-electron chi connectivity index (χ0n) is 12.3. The molecule has 2 rings (SSSR count). The van der Waals surface area contributed by atoms with Gasteiger partial charge in [0.1, 0.15) is 0 Å². The predicted octanol–water partition coefficient (Wildman–Crippen LogP) is 1.19. The van der Waals surface area contributed by atoms with Crippen molar-refractivity contribution in [2.24, 2.45) is 5.92 Å². The fourth-order valence-electron chi connectivity index (χ4n) is 2.41. The summed E-state index contributed by atoms with van der Waals surface area (Å²) in [7, 11) is 0. The van der Waals surface area contributed by atoms with Gasteiger partial charge in [-0.25, -0.2) is 0 Å². The van der Waals surface area contributed by atoms with Crippen molar-refractivity contribution >= 4 is 5.91 Å². The van der Waals surface area contributed by atoms with Crippen molar-refractivity contribution in [2.45, 2.75) is 25.9 Å². The first-order chi connectivity index (χ1) is 10.2. The second-order valence-corrected chi connectivity index (χ2v) is 5.23. The van der Waals surface area contributed by atoms with Gasteiger partial charge in [-0.2, -0.15) is 5.26 Å². The highest BCUT2D eigenvalue weighted by Gasteiger charge is 2.33. The molecule has 1 amide bonds. The van der Waals surface area contributed by atoms with Gasteiger partial charge in [-0.1, -0.05) is 19.1 Å². The average Bonchev–Trinajstić information content (AvgIpc) is 2.99. The Morgan fingerprint density at radius 1 is 1.48 bits per heavy atom. The van der Waals surface area contributed by atoms with Crippen LogP contribution in [0.5, 0.6) is 0 Å². The number of hydrogen-bond donors (Lipinski definition) is 2. The molecule has 1 aliphatic rings. The van der Waals surface area contributed by atoms with Crippen molar-refractivity contribution < 1.29 is 9.53 Å². The molecule has 0 aliphatic carbocycles. The van der Waals surface area contributed by atoms with Crippen molar-refractivity contribution in [3.8, 4) is 6.07 Å². The van der Waals surface area contributed by atoms with Gasteiger partial charge in [0.05, 0.1) is 30.8 Å². The summed E-state index contributed by atoms with van der Waals surface area (Å²) in [6.45, 7) is 4.47. The SMILES string of the molecule is CCCNC1COCC1C(=O)NCc1cccc(C#N)c1. The van der Waals surface area contributed by atoms with Crippen LogP contribution in [0, 0.1) is 17.2 Å². The van der Waals surface area contributed by atoms with E-state index in [0.717, 1.165) is 18.5 Å². The summed E-state index contributed by atoms with van der Waals surface area (Å²) in [4.78, 5) is 12.3. The largest absolute Gasteiger partial charge is 0.379 e. The lowest BCUT2D eigenvalue weighted by molar-refractivity contribution is -0.125. The van der Waals surface area contributed by atoms with Crippen LogP contribution in [-0.4, -0.2) is 31.7 Å². The maximum atomic E-state index is 12.3. The van der Waals surface area contributed by atoms with Gasteiger partial charge in [-0.3, -0.25) is 4.79 Å². The van der Waals surface area contributed by atoms with E-state index in [9.17, 15) is 4.79 Å². The number of rotatable bonds is 6. The number of nitrogens with one attached hydrogen (secondary N) is 2. The van der Waals surface area contributed by atoms with Crippen LogP contribution in [-0.2, 0) is 16.1 Å². The van der Waals surface area contributed by atoms with E-state index in [2.05, 4.69) is 23.6 Å². The van der Waals surface area contributed by atoms with Gasteiger partial charge in [0, 0.05) is 12.6 Å². The van der Waals surface area contributed by atoms with Crippen molar-refractivity contribution in [1.82, 2.24) is 10.6 Å². The van der Waals surface area contributed by atoms with Crippen molar-refractivity contribution in [3.63, 3.8) is 0 Å². The summed E-state index contributed by atoms with van der Waals surface area (Å²) in [5.74, 6) is -0.140. The molecule has 112 valence electrons. The van der Waals surface area contributed by atoms with Crippen molar-refractivity contribution in [1.29, 1.82) is 5.26 Å². The van der Waals surface area contributed by atoms with E-state index in [4.69, 9.17) is 10.00 Å². The third kappa shape index (κ3) is 4.28. The van der Waals surface area contributed by atoms with Crippen LogP contribution >= 0.6 is 0 Å². The van der Waals surface area contributed by atoms with E-state index in [-0.39, 0.29) is 17.9 Å². The standard InChI is InChI=1S/C16H21N3O2/c1-2-6-18-15-11-21-10-14(15)16(20)19-9-13-5-3-4-12(7-13)8-17/h3-5,7,14-15,18H,2,6,9-11H2,1H3,(H,19,20). The van der Waals surface area contributed by atoms with Crippen LogP contribution in [0.2, 0.25) is 0 Å². The van der Waals surface area contributed by atoms with Gasteiger partial charge >= 0.3 is 0 Å². The lowest BCUT2D eigenvalue weighted by Crippen LogP contribution is -2.44. The van der Waals surface area contributed by atoms with E-state index in [0.29, 0.717) is 25.3 Å². The normalized spacial score (nSPS) is 21.0. The van der Waals surface area contributed by atoms with Crippen molar-refractivity contribution in [2.75, 3.05) is 19.8 Å². The van der Waals surface area contributed by atoms with Gasteiger partial charge in [-0.05, 0) is 30.7 Å². The van der Waals surface area contributed by atoms with Crippen LogP contribution < -0.4 is 10.6 Å². The molecular formula is C16H21N3O2. The molecule has 5 heteroatoms. The Balaban J connectivity index is 1.87. The first-order valence-corrected chi connectivity index (χ1v) is 7.32. The van der Waals surface area contributed by atoms with Gasteiger partial charge in [0.15, 0.2) is 0 Å². The Morgan fingerprint density at radius 3 is 3.10 bits per heavy atom. The molecule has 1 heterocycles. The molecule has 2 atom stereocenters. The Labute approximate surface area is 125 Å². The minimum Gasteiger partial charge on any atom is -0.379 e. The smallest absolute Gasteiger partial charge is 0.227 e. The van der Waals surface area contributed by atoms with Gasteiger partial charge in [-0.15, -0.1) is 0 Å². The molecule has 0 bridgehead atoms. The molecule has 5 nitrogen and oxygen atoms in total. The van der Waals surface area contributed by atoms with Crippen molar-refractivity contribution in [3.05, 3.63) is 35.4 Å². The second-order valence-electron chi connectivity index (χ2n) is 5.23. The molecule has 0 radical (unpaired) electrons. The number of carbonyl (C=O) groups is 1. The van der Waals surface area contributed by atoms with Crippen LogP contribution in [0.25, 0.3) is 0 Å². The molecule has 1 fully saturated rings. The molecule has 1 aromatic rings. The Morgan fingerprint density at radius 2 is 2.33 bits per heavy atom. The molecule has 1 saturated heterocycles. The summed E-state index contributed by atoms with van der Waals surface area (Å²) in [6, 6.07) is 9.46. The number of amides is 1. The van der Waals surface area contributed by atoms with Crippen LogP contribution in [0.1, 0.15) is 24.5 Å². The summed E-state index contributed by atoms with van der Waals surface area (Å²) in [5, 5.41) is 15.1. The highest BCUT2D eigenvalue weighted by Crippen LogP contribution is 2.14. The third-order valence-corrected chi connectivity index (χ3v) is 3.60. The molecule has 0 aromatic heterocycles. The van der Waals surface area contributed by atoms with Crippen LogP contribution in [0.4, 0.5) is 0 Å². The first-order valence-electron chi connectivity index (χ1n) is 7.32. The Kier molecular flexibility index (Phi) is 5.73. The molecule has 0 spiro atoms. The molecule has 21 heavy (non-hydrogen) atoms. The lowest BCUT2D eigenvalue weighted by atomic mass is 10.0. The van der Waals surface area contributed by atoms with Gasteiger partial charge in [0.2, 0.25) is 5.91 Å². The second kappa shape index (κ2) is 7.77. The fraction of sp³-hybridized carbons (Fsp3) is 0.500. The van der Waals surface area contributed by atoms with E-state index in [1.165, 1.54) is 0 Å². The molecule has 1 aromatic carbocycles. The quantitative estimate of drug-likeness (QED) is 0.824. The number of hydrogen-bond acceptors (Lipinski definition) is 4. The van der Waals surface area contributed by atoms with Crippen LogP contribution in [0.3, 0.4) is 0 Å². The summed E-state index contributed by atoms with van der Waals surface area (Å²) in [5.41, 5.74) is 1.54. The molecular weight excluding hydrogens is 266 g/mol. The minimum atomic E-state index is -0.143. The van der Waals surface area contributed by atoms with Crippen LogP contribution in [0.15, 0.2) is 24.3 Å². The molecule has 0 saturated carbocycles. The Hall–Kier alpha value is -1.90. The molecule has 2 N–H and O–H groups in total. The minimum absolute atomic E-state index is 0.00321. The predicted molar refractivity (Wildman–Crippen MR) is 79.4 cm³/mol. The van der Waals surface area contributed by atoms with E-state index < -0.39 is 0 Å². The maximum Gasteiger partial charge on any atom is 0.227 e. The molecule has 2 unspecified atom stereocenters. The number of ether oxygens (including phenoxy) is 1. The summed E-state index contributed by atoms with van der Waals surface area (Å²) >= 11 is 0. The summed E-state index contributed by atoms with van der Waals surface area (Å²) in [6.07, 6.45) is 1.03. The topological polar surface area (TPSA) is 74.2 Å². The number of carbonyl (C=O) groups excluding carboxylic acids is 1. The monoisotopic (exact) mass is 287 g/mol. The third-order valence-electron chi connectivity index (χ3n) is 3.60.